The summed E-state index contributed by atoms with van der Waals surface area (Å²) in [6, 6.07) is 7.34. The van der Waals surface area contributed by atoms with E-state index in [4.69, 9.17) is 0 Å². The maximum Gasteiger partial charge on any atom is 0.416 e. The van der Waals surface area contributed by atoms with E-state index in [2.05, 4.69) is 10.6 Å². The van der Waals surface area contributed by atoms with Gasteiger partial charge in [-0.25, -0.2) is 8.78 Å². The number of carbonyl (C=O) groups is 1. The summed E-state index contributed by atoms with van der Waals surface area (Å²) in [6.07, 6.45) is -1.85. The molecule has 0 radical (unpaired) electrons. The minimum absolute atomic E-state index is 0.0202. The molecule has 2 aromatic carbocycles. The molecule has 0 unspecified atom stereocenters. The number of benzene rings is 2. The molecule has 1 aliphatic rings. The summed E-state index contributed by atoms with van der Waals surface area (Å²) in [5.74, 6) is -1.96. The minimum atomic E-state index is -4.47. The van der Waals surface area contributed by atoms with E-state index in [1.54, 1.807) is 6.07 Å². The van der Waals surface area contributed by atoms with Crippen molar-refractivity contribution in [3.8, 4) is 0 Å². The van der Waals surface area contributed by atoms with E-state index < -0.39 is 47.0 Å². The van der Waals surface area contributed by atoms with Gasteiger partial charge in [0.25, 0.3) is 0 Å². The number of aliphatic hydroxyl groups is 1. The Hall–Kier alpha value is -2.52. The largest absolute Gasteiger partial charge is 0.416 e. The van der Waals surface area contributed by atoms with Crippen molar-refractivity contribution in [2.24, 2.45) is 0 Å². The van der Waals surface area contributed by atoms with Gasteiger partial charge < -0.3 is 15.7 Å². The molecule has 4 nitrogen and oxygen atoms in total. The lowest BCUT2D eigenvalue weighted by atomic mass is 9.76. The van der Waals surface area contributed by atoms with Crippen LogP contribution in [0.1, 0.15) is 55.7 Å². The summed E-state index contributed by atoms with van der Waals surface area (Å²) in [6.45, 7) is 1.24. The summed E-state index contributed by atoms with van der Waals surface area (Å²) in [5, 5.41) is 16.8. The second kappa shape index (κ2) is 10.8. The van der Waals surface area contributed by atoms with Gasteiger partial charge in [-0.15, -0.1) is 0 Å². The molecule has 0 spiro atoms. The lowest BCUT2D eigenvalue weighted by molar-refractivity contribution is -0.137. The van der Waals surface area contributed by atoms with E-state index in [0.717, 1.165) is 49.6 Å². The van der Waals surface area contributed by atoms with Gasteiger partial charge in [0.2, 0.25) is 5.91 Å². The molecular formula is C25H29F5N2O2. The highest BCUT2D eigenvalue weighted by molar-refractivity contribution is 5.73. The monoisotopic (exact) mass is 484 g/mol. The molecule has 1 saturated carbocycles. The number of amides is 1. The van der Waals surface area contributed by atoms with Crippen molar-refractivity contribution in [1.29, 1.82) is 0 Å². The van der Waals surface area contributed by atoms with Crippen molar-refractivity contribution in [2.45, 2.75) is 69.3 Å². The summed E-state index contributed by atoms with van der Waals surface area (Å²) >= 11 is 0. The molecular weight excluding hydrogens is 455 g/mol. The van der Waals surface area contributed by atoms with Crippen molar-refractivity contribution >= 4 is 5.91 Å². The molecule has 0 heterocycles. The van der Waals surface area contributed by atoms with Crippen LogP contribution in [0.15, 0.2) is 42.5 Å². The molecule has 0 saturated heterocycles. The smallest absolute Gasteiger partial charge is 0.390 e. The van der Waals surface area contributed by atoms with Crippen LogP contribution in [0.25, 0.3) is 0 Å². The first-order valence-electron chi connectivity index (χ1n) is 11.3. The minimum Gasteiger partial charge on any atom is -0.390 e. The zero-order valence-corrected chi connectivity index (χ0v) is 18.9. The van der Waals surface area contributed by atoms with Crippen molar-refractivity contribution in [2.75, 3.05) is 6.54 Å². The third kappa shape index (κ3) is 6.76. The molecule has 3 N–H and O–H groups in total. The van der Waals surface area contributed by atoms with Crippen molar-refractivity contribution in [3.05, 3.63) is 70.8 Å². The number of halogens is 5. The van der Waals surface area contributed by atoms with Crippen LogP contribution in [0, 0.1) is 11.6 Å². The highest BCUT2D eigenvalue weighted by Crippen LogP contribution is 2.39. The molecule has 0 bridgehead atoms. The van der Waals surface area contributed by atoms with E-state index in [9.17, 15) is 31.9 Å². The number of aliphatic hydroxyl groups excluding tert-OH is 1. The number of carbonyl (C=O) groups excluding carboxylic acids is 1. The molecule has 1 aliphatic carbocycles. The Balaban J connectivity index is 1.80. The zero-order valence-electron chi connectivity index (χ0n) is 18.9. The van der Waals surface area contributed by atoms with Crippen LogP contribution in [-0.4, -0.2) is 29.7 Å². The van der Waals surface area contributed by atoms with Crippen LogP contribution in [0.4, 0.5) is 22.0 Å². The lowest BCUT2D eigenvalue weighted by Gasteiger charge is -2.40. The fraction of sp³-hybridized carbons (Fsp3) is 0.480. The van der Waals surface area contributed by atoms with Gasteiger partial charge in [-0.2, -0.15) is 13.2 Å². The Bertz CT molecular complexity index is 969. The topological polar surface area (TPSA) is 61.4 Å². The highest BCUT2D eigenvalue weighted by atomic mass is 19.4. The summed E-state index contributed by atoms with van der Waals surface area (Å²) in [5.41, 5.74) is -0.730. The van der Waals surface area contributed by atoms with Crippen molar-refractivity contribution < 1.29 is 31.9 Å². The summed E-state index contributed by atoms with van der Waals surface area (Å²) in [7, 11) is 0. The molecule has 34 heavy (non-hydrogen) atoms. The average Bonchev–Trinajstić information content (AvgIpc) is 2.76. The molecule has 1 amide bonds. The number of rotatable bonds is 8. The van der Waals surface area contributed by atoms with Crippen LogP contribution in [-0.2, 0) is 22.9 Å². The molecule has 2 aromatic rings. The first kappa shape index (κ1) is 26.1. The Kier molecular flexibility index (Phi) is 8.30. The number of hydrogen-bond acceptors (Lipinski definition) is 3. The predicted molar refractivity (Wildman–Crippen MR) is 118 cm³/mol. The second-order valence-electron chi connectivity index (χ2n) is 8.96. The predicted octanol–water partition coefficient (Wildman–Crippen LogP) is 4.84. The van der Waals surface area contributed by atoms with Crippen LogP contribution in [0.2, 0.25) is 0 Å². The average molecular weight is 485 g/mol. The quantitative estimate of drug-likeness (QED) is 0.470. The molecule has 1 fully saturated rings. The van der Waals surface area contributed by atoms with Gasteiger partial charge in [0, 0.05) is 25.1 Å². The van der Waals surface area contributed by atoms with Gasteiger partial charge >= 0.3 is 6.18 Å². The maximum atomic E-state index is 13.6. The molecule has 186 valence electrons. The lowest BCUT2D eigenvalue weighted by Crippen LogP contribution is -2.53. The van der Waals surface area contributed by atoms with E-state index in [1.165, 1.54) is 13.0 Å². The molecule has 0 aromatic heterocycles. The summed E-state index contributed by atoms with van der Waals surface area (Å²) in [4.78, 5) is 11.7. The molecule has 3 rings (SSSR count). The maximum absolute atomic E-state index is 13.6. The van der Waals surface area contributed by atoms with Gasteiger partial charge in [-0.1, -0.05) is 31.4 Å². The van der Waals surface area contributed by atoms with Gasteiger partial charge in [0.15, 0.2) is 0 Å². The molecule has 9 heteroatoms. The SMILES string of the molecule is CC(=O)N[C@H](Cc1cc(F)cc(F)c1)[C@H](O)CNC1(c2cccc(C(F)(F)F)c2)CCCCC1. The third-order valence-corrected chi connectivity index (χ3v) is 6.33. The van der Waals surface area contributed by atoms with Crippen LogP contribution in [0.3, 0.4) is 0 Å². The summed E-state index contributed by atoms with van der Waals surface area (Å²) < 4.78 is 67.1. The van der Waals surface area contributed by atoms with Crippen molar-refractivity contribution in [1.82, 2.24) is 10.6 Å². The first-order chi connectivity index (χ1) is 16.0. The standard InChI is InChI=1S/C25H29F5N2O2/c1-16(33)32-22(12-17-10-20(26)14-21(27)11-17)23(34)15-31-24(8-3-2-4-9-24)18-6-5-7-19(13-18)25(28,29)30/h5-7,10-11,13-14,22-23,31,34H,2-4,8-9,12,15H2,1H3,(H,32,33)/t22-,23-/m1/s1. The Labute approximate surface area is 195 Å². The van der Waals surface area contributed by atoms with Gasteiger partial charge in [-0.3, -0.25) is 4.79 Å². The fourth-order valence-electron chi connectivity index (χ4n) is 4.69. The normalized spacial score (nSPS) is 17.7. The van der Waals surface area contributed by atoms with Gasteiger partial charge in [0.1, 0.15) is 11.6 Å². The van der Waals surface area contributed by atoms with E-state index in [1.807, 2.05) is 0 Å². The van der Waals surface area contributed by atoms with Crippen LogP contribution < -0.4 is 10.6 Å². The number of nitrogens with one attached hydrogen (secondary N) is 2. The van der Waals surface area contributed by atoms with Gasteiger partial charge in [0.05, 0.1) is 17.7 Å². The third-order valence-electron chi connectivity index (χ3n) is 6.33. The Morgan fingerprint density at radius 1 is 1.06 bits per heavy atom. The van der Waals surface area contributed by atoms with Crippen LogP contribution in [0.5, 0.6) is 0 Å². The fourth-order valence-corrected chi connectivity index (χ4v) is 4.69. The van der Waals surface area contributed by atoms with Crippen LogP contribution >= 0.6 is 0 Å². The second-order valence-corrected chi connectivity index (χ2v) is 8.96. The Morgan fingerprint density at radius 2 is 1.71 bits per heavy atom. The Morgan fingerprint density at radius 3 is 2.29 bits per heavy atom. The highest BCUT2D eigenvalue weighted by Gasteiger charge is 2.37. The van der Waals surface area contributed by atoms with Crippen molar-refractivity contribution in [3.63, 3.8) is 0 Å². The first-order valence-corrected chi connectivity index (χ1v) is 11.3. The van der Waals surface area contributed by atoms with E-state index in [0.29, 0.717) is 18.4 Å². The van der Waals surface area contributed by atoms with E-state index in [-0.39, 0.29) is 18.5 Å². The van der Waals surface area contributed by atoms with E-state index >= 15 is 0 Å². The molecule has 0 aliphatic heterocycles. The van der Waals surface area contributed by atoms with Gasteiger partial charge in [-0.05, 0) is 54.7 Å². The zero-order chi connectivity index (χ0) is 24.9. The number of hydrogen-bond donors (Lipinski definition) is 3. The number of alkyl halides is 3. The molecule has 2 atom stereocenters.